The summed E-state index contributed by atoms with van der Waals surface area (Å²) in [5.74, 6) is 0.929. The lowest BCUT2D eigenvalue weighted by Crippen LogP contribution is -2.26. The van der Waals surface area contributed by atoms with E-state index in [0.717, 1.165) is 18.9 Å². The van der Waals surface area contributed by atoms with E-state index in [-0.39, 0.29) is 11.7 Å². The van der Waals surface area contributed by atoms with E-state index in [0.29, 0.717) is 5.56 Å². The Kier molecular flexibility index (Phi) is 4.62. The van der Waals surface area contributed by atoms with Gasteiger partial charge in [0.2, 0.25) is 0 Å². The fourth-order valence-electron chi connectivity index (χ4n) is 2.58. The maximum atomic E-state index is 11.8. The van der Waals surface area contributed by atoms with Gasteiger partial charge in [0.15, 0.2) is 0 Å². The highest BCUT2D eigenvalue weighted by Crippen LogP contribution is 2.25. The van der Waals surface area contributed by atoms with Crippen molar-refractivity contribution in [3.05, 3.63) is 29.8 Å². The zero-order valence-electron chi connectivity index (χ0n) is 10.7. The average molecular weight is 247 g/mol. The Morgan fingerprint density at radius 2 is 1.83 bits per heavy atom. The smallest absolute Gasteiger partial charge is 0.251 e. The summed E-state index contributed by atoms with van der Waals surface area (Å²) >= 11 is 0. The molecule has 1 aromatic rings. The van der Waals surface area contributed by atoms with Crippen LogP contribution >= 0.6 is 0 Å². The molecule has 2 rings (SSSR count). The van der Waals surface area contributed by atoms with Gasteiger partial charge >= 0.3 is 0 Å². The summed E-state index contributed by atoms with van der Waals surface area (Å²) in [6.45, 7) is 0.754. The third-order valence-corrected chi connectivity index (χ3v) is 3.69. The topological polar surface area (TPSA) is 49.3 Å². The summed E-state index contributed by atoms with van der Waals surface area (Å²) in [6, 6.07) is 6.36. The van der Waals surface area contributed by atoms with Gasteiger partial charge in [-0.3, -0.25) is 4.79 Å². The lowest BCUT2D eigenvalue weighted by Gasteiger charge is -2.21. The van der Waals surface area contributed by atoms with Gasteiger partial charge in [0.05, 0.1) is 0 Å². The SMILES string of the molecule is O=C(NCCC1CCCCC1)c1ccc(O)cc1. The van der Waals surface area contributed by atoms with Crippen LogP contribution in [0.15, 0.2) is 24.3 Å². The lowest BCUT2D eigenvalue weighted by molar-refractivity contribution is 0.0950. The Hall–Kier alpha value is -1.51. The third kappa shape index (κ3) is 3.76. The van der Waals surface area contributed by atoms with Gasteiger partial charge in [-0.05, 0) is 36.6 Å². The Labute approximate surface area is 108 Å². The first-order valence-corrected chi connectivity index (χ1v) is 6.83. The van der Waals surface area contributed by atoms with Crippen molar-refractivity contribution in [2.24, 2.45) is 5.92 Å². The van der Waals surface area contributed by atoms with Gasteiger partial charge in [0.25, 0.3) is 5.91 Å². The number of carbonyl (C=O) groups excluding carboxylic acids is 1. The first-order chi connectivity index (χ1) is 8.75. The highest BCUT2D eigenvalue weighted by Gasteiger charge is 2.13. The van der Waals surface area contributed by atoms with E-state index >= 15 is 0 Å². The number of phenols is 1. The fourth-order valence-corrected chi connectivity index (χ4v) is 2.58. The van der Waals surface area contributed by atoms with Crippen molar-refractivity contribution in [3.8, 4) is 5.75 Å². The van der Waals surface area contributed by atoms with Gasteiger partial charge in [-0.1, -0.05) is 32.1 Å². The number of hydrogen-bond acceptors (Lipinski definition) is 2. The highest BCUT2D eigenvalue weighted by atomic mass is 16.3. The molecule has 0 spiro atoms. The molecular weight excluding hydrogens is 226 g/mol. The molecule has 0 radical (unpaired) electrons. The third-order valence-electron chi connectivity index (χ3n) is 3.69. The van der Waals surface area contributed by atoms with E-state index in [9.17, 15) is 4.79 Å². The van der Waals surface area contributed by atoms with Crippen LogP contribution in [-0.4, -0.2) is 17.6 Å². The zero-order valence-corrected chi connectivity index (χ0v) is 10.7. The largest absolute Gasteiger partial charge is 0.508 e. The second-order valence-corrected chi connectivity index (χ2v) is 5.10. The number of phenolic OH excluding ortho intramolecular Hbond substituents is 1. The highest BCUT2D eigenvalue weighted by molar-refractivity contribution is 5.94. The molecule has 1 aliphatic carbocycles. The molecular formula is C15H21NO2. The minimum atomic E-state index is -0.0502. The number of nitrogens with one attached hydrogen (secondary N) is 1. The molecule has 18 heavy (non-hydrogen) atoms. The molecule has 0 heterocycles. The Bertz CT molecular complexity index is 380. The van der Waals surface area contributed by atoms with Crippen molar-refractivity contribution in [3.63, 3.8) is 0 Å². The van der Waals surface area contributed by atoms with E-state index in [4.69, 9.17) is 5.11 Å². The van der Waals surface area contributed by atoms with Crippen LogP contribution in [0.2, 0.25) is 0 Å². The molecule has 98 valence electrons. The molecule has 1 saturated carbocycles. The first-order valence-electron chi connectivity index (χ1n) is 6.83. The zero-order chi connectivity index (χ0) is 12.8. The Morgan fingerprint density at radius 3 is 2.50 bits per heavy atom. The van der Waals surface area contributed by atoms with Crippen molar-refractivity contribution >= 4 is 5.91 Å². The Morgan fingerprint density at radius 1 is 1.17 bits per heavy atom. The van der Waals surface area contributed by atoms with E-state index < -0.39 is 0 Å². The summed E-state index contributed by atoms with van der Waals surface area (Å²) in [4.78, 5) is 11.8. The van der Waals surface area contributed by atoms with Gasteiger partial charge in [-0.15, -0.1) is 0 Å². The number of amides is 1. The summed E-state index contributed by atoms with van der Waals surface area (Å²) in [6.07, 6.45) is 7.78. The van der Waals surface area contributed by atoms with Crippen LogP contribution in [-0.2, 0) is 0 Å². The number of rotatable bonds is 4. The van der Waals surface area contributed by atoms with Crippen LogP contribution in [0.5, 0.6) is 5.75 Å². The molecule has 1 amide bonds. The molecule has 0 unspecified atom stereocenters. The van der Waals surface area contributed by atoms with Gasteiger partial charge < -0.3 is 10.4 Å². The summed E-state index contributed by atoms with van der Waals surface area (Å²) in [5, 5.41) is 12.1. The second kappa shape index (κ2) is 6.43. The molecule has 0 bridgehead atoms. The predicted molar refractivity (Wildman–Crippen MR) is 71.6 cm³/mol. The van der Waals surface area contributed by atoms with Crippen molar-refractivity contribution in [2.45, 2.75) is 38.5 Å². The van der Waals surface area contributed by atoms with Crippen LogP contribution in [0.25, 0.3) is 0 Å². The normalized spacial score (nSPS) is 16.4. The van der Waals surface area contributed by atoms with E-state index in [2.05, 4.69) is 5.32 Å². The van der Waals surface area contributed by atoms with Crippen LogP contribution < -0.4 is 5.32 Å². The minimum Gasteiger partial charge on any atom is -0.508 e. The number of aromatic hydroxyl groups is 1. The van der Waals surface area contributed by atoms with E-state index in [1.807, 2.05) is 0 Å². The van der Waals surface area contributed by atoms with Crippen molar-refractivity contribution in [1.29, 1.82) is 0 Å². The first kappa shape index (κ1) is 12.9. The molecule has 3 heteroatoms. The monoisotopic (exact) mass is 247 g/mol. The standard InChI is InChI=1S/C15H21NO2/c17-14-8-6-13(7-9-14)15(18)16-11-10-12-4-2-1-3-5-12/h6-9,12,17H,1-5,10-11H2,(H,16,18). The summed E-state index contributed by atoms with van der Waals surface area (Å²) in [7, 11) is 0. The van der Waals surface area contributed by atoms with Crippen molar-refractivity contribution in [1.82, 2.24) is 5.32 Å². The summed E-state index contributed by atoms with van der Waals surface area (Å²) in [5.41, 5.74) is 0.608. The molecule has 0 aromatic heterocycles. The quantitative estimate of drug-likeness (QED) is 0.859. The molecule has 3 nitrogen and oxygen atoms in total. The number of carbonyl (C=O) groups is 1. The van der Waals surface area contributed by atoms with Crippen LogP contribution in [0.3, 0.4) is 0 Å². The molecule has 2 N–H and O–H groups in total. The maximum absolute atomic E-state index is 11.8. The van der Waals surface area contributed by atoms with Gasteiger partial charge in [-0.25, -0.2) is 0 Å². The number of hydrogen-bond donors (Lipinski definition) is 2. The minimum absolute atomic E-state index is 0.0502. The number of benzene rings is 1. The van der Waals surface area contributed by atoms with Crippen LogP contribution in [0.4, 0.5) is 0 Å². The van der Waals surface area contributed by atoms with E-state index in [1.165, 1.54) is 44.2 Å². The average Bonchev–Trinajstić information content (AvgIpc) is 2.40. The van der Waals surface area contributed by atoms with Crippen LogP contribution in [0.1, 0.15) is 48.9 Å². The molecule has 0 aliphatic heterocycles. The van der Waals surface area contributed by atoms with Gasteiger partial charge in [0.1, 0.15) is 5.75 Å². The second-order valence-electron chi connectivity index (χ2n) is 5.10. The lowest BCUT2D eigenvalue weighted by atomic mass is 9.87. The van der Waals surface area contributed by atoms with Gasteiger partial charge in [0, 0.05) is 12.1 Å². The predicted octanol–water partition coefficient (Wildman–Crippen LogP) is 3.09. The maximum Gasteiger partial charge on any atom is 0.251 e. The molecule has 0 atom stereocenters. The molecule has 0 saturated heterocycles. The van der Waals surface area contributed by atoms with Crippen molar-refractivity contribution in [2.75, 3.05) is 6.54 Å². The van der Waals surface area contributed by atoms with Crippen LogP contribution in [0, 0.1) is 5.92 Å². The summed E-state index contributed by atoms with van der Waals surface area (Å²) < 4.78 is 0. The molecule has 1 fully saturated rings. The van der Waals surface area contributed by atoms with Crippen molar-refractivity contribution < 1.29 is 9.90 Å². The van der Waals surface area contributed by atoms with Gasteiger partial charge in [-0.2, -0.15) is 0 Å². The molecule has 1 aromatic carbocycles. The Balaban J connectivity index is 1.72. The fraction of sp³-hybridized carbons (Fsp3) is 0.533. The van der Waals surface area contributed by atoms with E-state index in [1.54, 1.807) is 12.1 Å². The molecule has 1 aliphatic rings.